The van der Waals surface area contributed by atoms with Crippen molar-refractivity contribution < 1.29 is 45.4 Å². The lowest BCUT2D eigenvalue weighted by Gasteiger charge is -2.31. The molecule has 0 amide bonds. The van der Waals surface area contributed by atoms with Crippen molar-refractivity contribution in [3.63, 3.8) is 0 Å². The summed E-state index contributed by atoms with van der Waals surface area (Å²) in [7, 11) is 0. The first kappa shape index (κ1) is 34.1. The maximum absolute atomic E-state index is 13.9. The van der Waals surface area contributed by atoms with E-state index in [1.54, 1.807) is 32.9 Å². The van der Waals surface area contributed by atoms with E-state index in [-0.39, 0.29) is 30.2 Å². The van der Waals surface area contributed by atoms with E-state index in [0.717, 1.165) is 29.8 Å². The van der Waals surface area contributed by atoms with Gasteiger partial charge in [0.25, 0.3) is 0 Å². The summed E-state index contributed by atoms with van der Waals surface area (Å²) in [6, 6.07) is 10.7. The Hall–Kier alpha value is -3.82. The molecule has 1 saturated heterocycles. The van der Waals surface area contributed by atoms with Gasteiger partial charge in [0.2, 0.25) is 0 Å². The van der Waals surface area contributed by atoms with Crippen molar-refractivity contribution in [3.05, 3.63) is 87.5 Å². The quantitative estimate of drug-likeness (QED) is 0.154. The Labute approximate surface area is 258 Å². The summed E-state index contributed by atoms with van der Waals surface area (Å²) < 4.78 is 93.1. The third kappa shape index (κ3) is 8.27. The lowest BCUT2D eigenvalue weighted by Crippen LogP contribution is -2.25. The van der Waals surface area contributed by atoms with E-state index in [1.165, 1.54) is 13.0 Å². The van der Waals surface area contributed by atoms with Crippen LogP contribution in [0.25, 0.3) is 11.1 Å². The van der Waals surface area contributed by atoms with Gasteiger partial charge in [-0.3, -0.25) is 9.59 Å². The summed E-state index contributed by atoms with van der Waals surface area (Å²) in [5.74, 6) is -1.56. The SMILES string of the molecule is CCc1cc(C)c(OC(C)=O)cc1-c1ccc(C(F)(F)F)cc1CC1CC[C@@H](C)[C@@H](c2cc(C)cc(C(F)(F)F)c2)OC(=O)C1. The molecule has 1 aliphatic heterocycles. The van der Waals surface area contributed by atoms with Crippen molar-refractivity contribution in [1.29, 1.82) is 0 Å². The zero-order chi connectivity index (χ0) is 33.3. The monoisotopic (exact) mass is 634 g/mol. The number of carbonyl (C=O) groups excluding carboxylic acids is 2. The first-order valence-corrected chi connectivity index (χ1v) is 14.9. The molecule has 242 valence electrons. The first-order valence-electron chi connectivity index (χ1n) is 14.9. The molecule has 3 aromatic rings. The molecule has 3 aromatic carbocycles. The predicted molar refractivity (Wildman–Crippen MR) is 158 cm³/mol. The molecule has 4 nitrogen and oxygen atoms in total. The van der Waals surface area contributed by atoms with Gasteiger partial charge in [0.1, 0.15) is 11.9 Å². The molecule has 0 aliphatic carbocycles. The van der Waals surface area contributed by atoms with Crippen LogP contribution in [-0.2, 0) is 39.5 Å². The first-order chi connectivity index (χ1) is 21.0. The Balaban J connectivity index is 1.68. The summed E-state index contributed by atoms with van der Waals surface area (Å²) in [5.41, 5.74) is 2.12. The highest BCUT2D eigenvalue weighted by molar-refractivity contribution is 5.76. The second-order valence-electron chi connectivity index (χ2n) is 12.0. The Morgan fingerprint density at radius 2 is 1.58 bits per heavy atom. The molecule has 1 fully saturated rings. The van der Waals surface area contributed by atoms with Crippen molar-refractivity contribution in [2.45, 2.75) is 85.2 Å². The van der Waals surface area contributed by atoms with Crippen LogP contribution in [0.15, 0.2) is 48.5 Å². The Morgan fingerprint density at radius 3 is 2.20 bits per heavy atom. The van der Waals surface area contributed by atoms with Crippen LogP contribution in [-0.4, -0.2) is 11.9 Å². The van der Waals surface area contributed by atoms with Crippen molar-refractivity contribution in [3.8, 4) is 16.9 Å². The second-order valence-corrected chi connectivity index (χ2v) is 12.0. The second kappa shape index (κ2) is 13.3. The van der Waals surface area contributed by atoms with Gasteiger partial charge in [0.05, 0.1) is 11.1 Å². The summed E-state index contributed by atoms with van der Waals surface area (Å²) in [4.78, 5) is 24.8. The number of halogens is 6. The van der Waals surface area contributed by atoms with Gasteiger partial charge in [-0.25, -0.2) is 0 Å². The van der Waals surface area contributed by atoms with Crippen LogP contribution in [0.5, 0.6) is 5.75 Å². The van der Waals surface area contributed by atoms with Crippen molar-refractivity contribution >= 4 is 11.9 Å². The van der Waals surface area contributed by atoms with Gasteiger partial charge in [-0.1, -0.05) is 37.6 Å². The molecule has 3 atom stereocenters. The molecule has 1 heterocycles. The third-order valence-corrected chi connectivity index (χ3v) is 8.28. The Kier molecular flexibility index (Phi) is 10.0. The van der Waals surface area contributed by atoms with Crippen LogP contribution >= 0.6 is 0 Å². The van der Waals surface area contributed by atoms with E-state index < -0.39 is 41.5 Å². The normalized spacial score (nSPS) is 19.4. The van der Waals surface area contributed by atoms with Crippen molar-refractivity contribution in [2.24, 2.45) is 11.8 Å². The molecule has 1 unspecified atom stereocenters. The highest BCUT2D eigenvalue weighted by Gasteiger charge is 2.35. The largest absolute Gasteiger partial charge is 0.457 e. The van der Waals surface area contributed by atoms with E-state index in [4.69, 9.17) is 9.47 Å². The summed E-state index contributed by atoms with van der Waals surface area (Å²) in [5, 5.41) is 0. The highest BCUT2D eigenvalue weighted by atomic mass is 19.4. The van der Waals surface area contributed by atoms with Crippen LogP contribution in [0, 0.1) is 25.7 Å². The lowest BCUT2D eigenvalue weighted by molar-refractivity contribution is -0.155. The van der Waals surface area contributed by atoms with Gasteiger partial charge in [0.15, 0.2) is 0 Å². The molecule has 0 N–H and O–H groups in total. The topological polar surface area (TPSA) is 52.6 Å². The van der Waals surface area contributed by atoms with Crippen LogP contribution in [0.3, 0.4) is 0 Å². The molecule has 0 saturated carbocycles. The van der Waals surface area contributed by atoms with Gasteiger partial charge < -0.3 is 9.47 Å². The van der Waals surface area contributed by atoms with Crippen LogP contribution in [0.4, 0.5) is 26.3 Å². The molecule has 0 bridgehead atoms. The molecule has 0 radical (unpaired) electrons. The fraction of sp³-hybridized carbons (Fsp3) is 0.429. The standard InChI is InChI=1S/C35H36F6O4/c1-6-24-13-21(4)31(44-22(5)42)18-30(24)29-10-9-27(34(36,37)38)16-25(29)14-23-8-7-20(3)33(45-32(43)15-23)26-11-19(2)12-28(17-26)35(39,40)41/h9-13,16-18,20,23,33H,6-8,14-15H2,1-5H3/t20-,23?,33+/m1/s1. The van der Waals surface area contributed by atoms with E-state index >= 15 is 0 Å². The Bertz CT molecular complexity index is 1570. The number of esters is 2. The molecular formula is C35H36F6O4. The number of cyclic esters (lactones) is 1. The van der Waals surface area contributed by atoms with E-state index in [1.807, 2.05) is 13.0 Å². The summed E-state index contributed by atoms with van der Waals surface area (Å²) >= 11 is 0. The molecule has 10 heteroatoms. The molecule has 0 spiro atoms. The number of hydrogen-bond donors (Lipinski definition) is 0. The van der Waals surface area contributed by atoms with Crippen LogP contribution in [0.1, 0.15) is 85.1 Å². The minimum absolute atomic E-state index is 0.107. The van der Waals surface area contributed by atoms with Crippen LogP contribution in [0.2, 0.25) is 0 Å². The summed E-state index contributed by atoms with van der Waals surface area (Å²) in [6.45, 7) is 8.31. The average molecular weight is 635 g/mol. The third-order valence-electron chi connectivity index (χ3n) is 8.28. The predicted octanol–water partition coefficient (Wildman–Crippen LogP) is 9.76. The van der Waals surface area contributed by atoms with Gasteiger partial charge in [-0.15, -0.1) is 0 Å². The number of ether oxygens (including phenoxy) is 2. The van der Waals surface area contributed by atoms with E-state index in [0.29, 0.717) is 52.8 Å². The zero-order valence-corrected chi connectivity index (χ0v) is 25.8. The van der Waals surface area contributed by atoms with E-state index in [9.17, 15) is 35.9 Å². The number of carbonyl (C=O) groups is 2. The van der Waals surface area contributed by atoms with Crippen molar-refractivity contribution in [1.82, 2.24) is 0 Å². The fourth-order valence-corrected chi connectivity index (χ4v) is 6.07. The zero-order valence-electron chi connectivity index (χ0n) is 25.8. The minimum atomic E-state index is -4.60. The smallest absolute Gasteiger partial charge is 0.416 e. The molecule has 4 rings (SSSR count). The molecule has 0 aromatic heterocycles. The summed E-state index contributed by atoms with van der Waals surface area (Å²) in [6.07, 6.45) is -8.51. The van der Waals surface area contributed by atoms with Gasteiger partial charge in [0, 0.05) is 13.3 Å². The lowest BCUT2D eigenvalue weighted by atomic mass is 9.82. The highest BCUT2D eigenvalue weighted by Crippen LogP contribution is 2.41. The van der Waals surface area contributed by atoms with E-state index in [2.05, 4.69) is 0 Å². The van der Waals surface area contributed by atoms with Gasteiger partial charge in [-0.05, 0) is 115 Å². The molecular weight excluding hydrogens is 598 g/mol. The number of benzene rings is 3. The van der Waals surface area contributed by atoms with Crippen LogP contribution < -0.4 is 4.74 Å². The number of aryl methyl sites for hydroxylation is 3. The maximum Gasteiger partial charge on any atom is 0.416 e. The number of rotatable bonds is 6. The molecule has 1 aliphatic rings. The Morgan fingerprint density at radius 1 is 0.889 bits per heavy atom. The molecule has 45 heavy (non-hydrogen) atoms. The minimum Gasteiger partial charge on any atom is -0.457 e. The average Bonchev–Trinajstić information content (AvgIpc) is 2.93. The fourth-order valence-electron chi connectivity index (χ4n) is 6.07. The number of hydrogen-bond acceptors (Lipinski definition) is 4. The maximum atomic E-state index is 13.9. The van der Waals surface area contributed by atoms with Gasteiger partial charge >= 0.3 is 24.3 Å². The van der Waals surface area contributed by atoms with Crippen molar-refractivity contribution in [2.75, 3.05) is 0 Å². The van der Waals surface area contributed by atoms with Gasteiger partial charge in [-0.2, -0.15) is 26.3 Å². The number of alkyl halides is 6.